The molecular weight excluding hydrogens is 344 g/mol. The number of pyridine rings is 1. The first kappa shape index (κ1) is 15.3. The van der Waals surface area contributed by atoms with Gasteiger partial charge in [-0.1, -0.05) is 30.3 Å². The van der Waals surface area contributed by atoms with Gasteiger partial charge in [-0.2, -0.15) is 0 Å². The van der Waals surface area contributed by atoms with Crippen molar-refractivity contribution in [2.75, 3.05) is 5.32 Å². The summed E-state index contributed by atoms with van der Waals surface area (Å²) < 4.78 is 1.81. The van der Waals surface area contributed by atoms with Crippen LogP contribution >= 0.6 is 11.3 Å². The van der Waals surface area contributed by atoms with Crippen molar-refractivity contribution in [3.8, 4) is 11.3 Å². The highest BCUT2D eigenvalue weighted by Crippen LogP contribution is 2.38. The van der Waals surface area contributed by atoms with Gasteiger partial charge in [0.1, 0.15) is 11.3 Å². The third kappa shape index (κ3) is 2.34. The van der Waals surface area contributed by atoms with E-state index in [0.29, 0.717) is 16.5 Å². The van der Waals surface area contributed by atoms with Gasteiger partial charge in [0.2, 0.25) is 0 Å². The van der Waals surface area contributed by atoms with E-state index in [0.717, 1.165) is 24.2 Å². The molecule has 1 aliphatic carbocycles. The SMILES string of the molecule is Cc1nc2ccccn2c1C(=O)Nc1nc2c(s1)CCc1ccccc1-2. The topological polar surface area (TPSA) is 59.3 Å². The highest BCUT2D eigenvalue weighted by molar-refractivity contribution is 7.16. The molecule has 3 aromatic heterocycles. The normalized spacial score (nSPS) is 12.7. The first-order valence-corrected chi connectivity index (χ1v) is 9.35. The number of amides is 1. The van der Waals surface area contributed by atoms with Gasteiger partial charge in [0.05, 0.1) is 11.4 Å². The Kier molecular flexibility index (Phi) is 3.39. The molecule has 0 atom stereocenters. The van der Waals surface area contributed by atoms with Crippen molar-refractivity contribution < 1.29 is 4.79 Å². The smallest absolute Gasteiger partial charge is 0.276 e. The van der Waals surface area contributed by atoms with Gasteiger partial charge in [0.15, 0.2) is 5.13 Å². The minimum absolute atomic E-state index is 0.180. The average molecular weight is 360 g/mol. The van der Waals surface area contributed by atoms with Crippen LogP contribution in [0.1, 0.15) is 26.6 Å². The molecule has 1 amide bonds. The van der Waals surface area contributed by atoms with E-state index < -0.39 is 0 Å². The summed E-state index contributed by atoms with van der Waals surface area (Å²) >= 11 is 1.56. The van der Waals surface area contributed by atoms with Crippen molar-refractivity contribution in [3.05, 3.63) is 70.5 Å². The second-order valence-electron chi connectivity index (χ2n) is 6.38. The quantitative estimate of drug-likeness (QED) is 0.585. The van der Waals surface area contributed by atoms with Gasteiger partial charge in [-0.25, -0.2) is 9.97 Å². The predicted molar refractivity (Wildman–Crippen MR) is 103 cm³/mol. The summed E-state index contributed by atoms with van der Waals surface area (Å²) in [4.78, 5) is 23.3. The van der Waals surface area contributed by atoms with Gasteiger partial charge < -0.3 is 0 Å². The summed E-state index contributed by atoms with van der Waals surface area (Å²) in [6.07, 6.45) is 3.84. The molecular formula is C20H16N4OS. The minimum atomic E-state index is -0.180. The number of carbonyl (C=O) groups is 1. The van der Waals surface area contributed by atoms with E-state index in [4.69, 9.17) is 4.98 Å². The van der Waals surface area contributed by atoms with Crippen LogP contribution in [0, 0.1) is 6.92 Å². The molecule has 0 radical (unpaired) electrons. The first-order chi connectivity index (χ1) is 12.7. The molecule has 0 saturated heterocycles. The van der Waals surface area contributed by atoms with E-state index in [9.17, 15) is 4.79 Å². The third-order valence-electron chi connectivity index (χ3n) is 4.73. The lowest BCUT2D eigenvalue weighted by atomic mass is 9.94. The molecule has 1 aliphatic rings. The van der Waals surface area contributed by atoms with Crippen LogP contribution in [-0.4, -0.2) is 20.3 Å². The maximum atomic E-state index is 12.9. The van der Waals surface area contributed by atoms with Gasteiger partial charge in [-0.3, -0.25) is 14.5 Å². The second kappa shape index (κ2) is 5.78. The summed E-state index contributed by atoms with van der Waals surface area (Å²) in [5.74, 6) is -0.180. The van der Waals surface area contributed by atoms with E-state index >= 15 is 0 Å². The summed E-state index contributed by atoms with van der Waals surface area (Å²) in [5, 5.41) is 3.61. The zero-order chi connectivity index (χ0) is 17.7. The molecule has 0 saturated carbocycles. The van der Waals surface area contributed by atoms with Crippen molar-refractivity contribution in [2.24, 2.45) is 0 Å². The maximum absolute atomic E-state index is 12.9. The van der Waals surface area contributed by atoms with Crippen molar-refractivity contribution >= 4 is 28.0 Å². The fourth-order valence-corrected chi connectivity index (χ4v) is 4.52. The number of hydrogen-bond donors (Lipinski definition) is 1. The van der Waals surface area contributed by atoms with Crippen LogP contribution in [0.3, 0.4) is 0 Å². The van der Waals surface area contributed by atoms with Crippen molar-refractivity contribution in [1.82, 2.24) is 14.4 Å². The molecule has 5 rings (SSSR count). The molecule has 1 N–H and O–H groups in total. The lowest BCUT2D eigenvalue weighted by Gasteiger charge is -2.13. The summed E-state index contributed by atoms with van der Waals surface area (Å²) in [6, 6.07) is 14.0. The number of thiazole rings is 1. The number of benzene rings is 1. The van der Waals surface area contributed by atoms with Gasteiger partial charge in [-0.05, 0) is 37.5 Å². The minimum Gasteiger partial charge on any atom is -0.296 e. The Morgan fingerprint density at radius 3 is 2.88 bits per heavy atom. The molecule has 26 heavy (non-hydrogen) atoms. The Bertz CT molecular complexity index is 1160. The largest absolute Gasteiger partial charge is 0.296 e. The Balaban J connectivity index is 1.50. The van der Waals surface area contributed by atoms with Gasteiger partial charge >= 0.3 is 0 Å². The summed E-state index contributed by atoms with van der Waals surface area (Å²) in [6.45, 7) is 1.85. The monoisotopic (exact) mass is 360 g/mol. The van der Waals surface area contributed by atoms with Gasteiger partial charge in [0, 0.05) is 16.6 Å². The standard InChI is InChI=1S/C20H16N4OS/c1-12-18(24-11-5-4-8-16(24)21-12)19(25)23-20-22-17-14-7-3-2-6-13(14)9-10-15(17)26-20/h2-8,11H,9-10H2,1H3,(H,22,23,25). The molecule has 0 unspecified atom stereocenters. The van der Waals surface area contributed by atoms with Crippen LogP contribution in [0.2, 0.25) is 0 Å². The lowest BCUT2D eigenvalue weighted by molar-refractivity contribution is 0.102. The second-order valence-corrected chi connectivity index (χ2v) is 7.46. The third-order valence-corrected chi connectivity index (χ3v) is 5.76. The Labute approximate surface area is 154 Å². The number of nitrogens with one attached hydrogen (secondary N) is 1. The molecule has 5 nitrogen and oxygen atoms in total. The molecule has 4 aromatic rings. The van der Waals surface area contributed by atoms with E-state index in [1.165, 1.54) is 16.0 Å². The number of carbonyl (C=O) groups excluding carboxylic acids is 1. The number of aryl methyl sites for hydroxylation is 3. The molecule has 3 heterocycles. The number of anilines is 1. The van der Waals surface area contributed by atoms with Crippen molar-refractivity contribution in [1.29, 1.82) is 0 Å². The Morgan fingerprint density at radius 1 is 1.12 bits per heavy atom. The molecule has 128 valence electrons. The van der Waals surface area contributed by atoms with Crippen LogP contribution in [0.4, 0.5) is 5.13 Å². The van der Waals surface area contributed by atoms with E-state index in [1.807, 2.05) is 41.8 Å². The number of imidazole rings is 1. The molecule has 6 heteroatoms. The van der Waals surface area contributed by atoms with Crippen LogP contribution in [-0.2, 0) is 12.8 Å². The Hall–Kier alpha value is -2.99. The first-order valence-electron chi connectivity index (χ1n) is 8.54. The van der Waals surface area contributed by atoms with Crippen LogP contribution in [0.25, 0.3) is 16.9 Å². The molecule has 0 aliphatic heterocycles. The number of hydrogen-bond acceptors (Lipinski definition) is 4. The summed E-state index contributed by atoms with van der Waals surface area (Å²) in [5.41, 5.74) is 5.52. The Morgan fingerprint density at radius 2 is 1.96 bits per heavy atom. The molecule has 0 bridgehead atoms. The van der Waals surface area contributed by atoms with Crippen molar-refractivity contribution in [3.63, 3.8) is 0 Å². The van der Waals surface area contributed by atoms with E-state index in [2.05, 4.69) is 28.5 Å². The number of aromatic nitrogens is 3. The predicted octanol–water partition coefficient (Wildman–Crippen LogP) is 4.12. The summed E-state index contributed by atoms with van der Waals surface area (Å²) in [7, 11) is 0. The number of rotatable bonds is 2. The van der Waals surface area contributed by atoms with Crippen LogP contribution in [0.15, 0.2) is 48.7 Å². The molecule has 0 spiro atoms. The molecule has 0 fully saturated rings. The fourth-order valence-electron chi connectivity index (χ4n) is 3.55. The fraction of sp³-hybridized carbons (Fsp3) is 0.150. The van der Waals surface area contributed by atoms with E-state index in [1.54, 1.807) is 11.3 Å². The average Bonchev–Trinajstić information content (AvgIpc) is 3.21. The molecule has 1 aromatic carbocycles. The number of nitrogens with zero attached hydrogens (tertiary/aromatic N) is 3. The van der Waals surface area contributed by atoms with Crippen molar-refractivity contribution in [2.45, 2.75) is 19.8 Å². The zero-order valence-corrected chi connectivity index (χ0v) is 15.0. The number of fused-ring (bicyclic) bond motifs is 4. The maximum Gasteiger partial charge on any atom is 0.276 e. The van der Waals surface area contributed by atoms with Gasteiger partial charge in [0.25, 0.3) is 5.91 Å². The lowest BCUT2D eigenvalue weighted by Crippen LogP contribution is -2.15. The van der Waals surface area contributed by atoms with E-state index in [-0.39, 0.29) is 5.91 Å². The highest BCUT2D eigenvalue weighted by Gasteiger charge is 2.23. The van der Waals surface area contributed by atoms with Crippen LogP contribution < -0.4 is 5.32 Å². The van der Waals surface area contributed by atoms with Gasteiger partial charge in [-0.15, -0.1) is 11.3 Å². The highest BCUT2D eigenvalue weighted by atomic mass is 32.1. The zero-order valence-electron chi connectivity index (χ0n) is 14.2. The van der Waals surface area contributed by atoms with Crippen LogP contribution in [0.5, 0.6) is 0 Å².